The number of aromatic hydroxyl groups is 1. The Labute approximate surface area is 95.8 Å². The summed E-state index contributed by atoms with van der Waals surface area (Å²) in [7, 11) is 2.02. The molecule has 1 N–H and O–H groups in total. The molecule has 0 aliphatic carbocycles. The quantitative estimate of drug-likeness (QED) is 0.825. The topological polar surface area (TPSA) is 23.5 Å². The first-order chi connectivity index (χ1) is 7.68. The molecule has 0 heterocycles. The van der Waals surface area contributed by atoms with Crippen molar-refractivity contribution in [3.05, 3.63) is 54.1 Å². The average Bonchev–Trinajstić information content (AvgIpc) is 2.33. The van der Waals surface area contributed by atoms with E-state index in [2.05, 4.69) is 17.0 Å². The summed E-state index contributed by atoms with van der Waals surface area (Å²) in [6.07, 6.45) is 0. The normalized spacial score (nSPS) is 10.1. The van der Waals surface area contributed by atoms with Crippen molar-refractivity contribution in [2.75, 3.05) is 11.9 Å². The van der Waals surface area contributed by atoms with Gasteiger partial charge in [0.25, 0.3) is 0 Å². The van der Waals surface area contributed by atoms with E-state index >= 15 is 0 Å². The number of phenolic OH excluding ortho intramolecular Hbond substituents is 1. The first-order valence-corrected chi connectivity index (χ1v) is 5.27. The molecule has 16 heavy (non-hydrogen) atoms. The molecule has 0 aliphatic heterocycles. The number of nitrogens with zero attached hydrogens (tertiary/aromatic N) is 1. The molecule has 0 fully saturated rings. The number of hydrogen-bond acceptors (Lipinski definition) is 2. The number of anilines is 2. The Balaban J connectivity index is 2.34. The number of hydrogen-bond donors (Lipinski definition) is 1. The van der Waals surface area contributed by atoms with Gasteiger partial charge in [-0.2, -0.15) is 0 Å². The summed E-state index contributed by atoms with van der Waals surface area (Å²) in [5.74, 6) is 0.338. The van der Waals surface area contributed by atoms with E-state index in [1.807, 2.05) is 44.3 Å². The molecule has 2 aromatic rings. The van der Waals surface area contributed by atoms with Gasteiger partial charge in [0.1, 0.15) is 5.75 Å². The van der Waals surface area contributed by atoms with Crippen LogP contribution in [0, 0.1) is 6.92 Å². The first kappa shape index (κ1) is 10.6. The van der Waals surface area contributed by atoms with E-state index in [4.69, 9.17) is 0 Å². The smallest absolute Gasteiger partial charge is 0.118 e. The number of benzene rings is 2. The fourth-order valence-electron chi connectivity index (χ4n) is 1.65. The van der Waals surface area contributed by atoms with Gasteiger partial charge in [-0.1, -0.05) is 18.2 Å². The number of para-hydroxylation sites is 1. The molecule has 0 saturated carbocycles. The van der Waals surface area contributed by atoms with Crippen LogP contribution in [0.4, 0.5) is 11.4 Å². The maximum absolute atomic E-state index is 9.48. The molecule has 0 atom stereocenters. The number of aryl methyl sites for hydroxylation is 1. The Bertz CT molecular complexity index is 479. The zero-order valence-electron chi connectivity index (χ0n) is 9.51. The summed E-state index contributed by atoms with van der Waals surface area (Å²) in [6.45, 7) is 1.90. The molecule has 2 heteroatoms. The molecule has 0 radical (unpaired) electrons. The molecule has 0 aliphatic rings. The maximum atomic E-state index is 9.48. The van der Waals surface area contributed by atoms with Gasteiger partial charge in [-0.3, -0.25) is 0 Å². The molecular weight excluding hydrogens is 198 g/mol. The second-order valence-electron chi connectivity index (χ2n) is 3.87. The molecule has 2 rings (SSSR count). The van der Waals surface area contributed by atoms with E-state index in [1.54, 1.807) is 6.07 Å². The van der Waals surface area contributed by atoms with Crippen molar-refractivity contribution >= 4 is 11.4 Å². The van der Waals surface area contributed by atoms with Gasteiger partial charge in [0.05, 0.1) is 0 Å². The Morgan fingerprint density at radius 3 is 2.25 bits per heavy atom. The van der Waals surface area contributed by atoms with Gasteiger partial charge in [-0.25, -0.2) is 0 Å². The van der Waals surface area contributed by atoms with Gasteiger partial charge < -0.3 is 10.0 Å². The fraction of sp³-hybridized carbons (Fsp3) is 0.143. The van der Waals surface area contributed by atoms with Crippen molar-refractivity contribution < 1.29 is 5.11 Å². The zero-order valence-corrected chi connectivity index (χ0v) is 9.51. The molecule has 0 spiro atoms. The van der Waals surface area contributed by atoms with Crippen LogP contribution in [-0.4, -0.2) is 12.2 Å². The molecular formula is C14H15NO. The lowest BCUT2D eigenvalue weighted by atomic mass is 10.2. The molecule has 0 unspecified atom stereocenters. The number of phenols is 1. The van der Waals surface area contributed by atoms with Crippen LogP contribution in [0.25, 0.3) is 0 Å². The van der Waals surface area contributed by atoms with Crippen LogP contribution < -0.4 is 4.90 Å². The fourth-order valence-corrected chi connectivity index (χ4v) is 1.65. The van der Waals surface area contributed by atoms with Crippen molar-refractivity contribution in [2.45, 2.75) is 6.92 Å². The Morgan fingerprint density at radius 2 is 1.62 bits per heavy atom. The molecule has 2 nitrogen and oxygen atoms in total. The minimum atomic E-state index is 0.338. The maximum Gasteiger partial charge on any atom is 0.118 e. The highest BCUT2D eigenvalue weighted by Gasteiger charge is 2.04. The third-order valence-corrected chi connectivity index (χ3v) is 2.71. The van der Waals surface area contributed by atoms with Crippen molar-refractivity contribution in [3.8, 4) is 5.75 Å². The van der Waals surface area contributed by atoms with E-state index in [0.717, 1.165) is 16.9 Å². The summed E-state index contributed by atoms with van der Waals surface area (Å²) in [6, 6.07) is 15.8. The van der Waals surface area contributed by atoms with E-state index in [1.165, 1.54) is 0 Å². The van der Waals surface area contributed by atoms with Crippen molar-refractivity contribution in [1.29, 1.82) is 0 Å². The molecule has 0 amide bonds. The molecule has 0 aromatic heterocycles. The van der Waals surface area contributed by atoms with Gasteiger partial charge in [-0.05, 0) is 42.8 Å². The highest BCUT2D eigenvalue weighted by molar-refractivity contribution is 5.64. The lowest BCUT2D eigenvalue weighted by molar-refractivity contribution is 0.471. The highest BCUT2D eigenvalue weighted by Crippen LogP contribution is 2.27. The van der Waals surface area contributed by atoms with Crippen molar-refractivity contribution in [3.63, 3.8) is 0 Å². The van der Waals surface area contributed by atoms with Gasteiger partial charge in [0, 0.05) is 18.4 Å². The summed E-state index contributed by atoms with van der Waals surface area (Å²) < 4.78 is 0. The predicted octanol–water partition coefficient (Wildman–Crippen LogP) is 3.47. The Kier molecular flexibility index (Phi) is 2.82. The second-order valence-corrected chi connectivity index (χ2v) is 3.87. The van der Waals surface area contributed by atoms with E-state index in [-0.39, 0.29) is 0 Å². The third kappa shape index (κ3) is 2.01. The van der Waals surface area contributed by atoms with Crippen LogP contribution in [-0.2, 0) is 0 Å². The van der Waals surface area contributed by atoms with Gasteiger partial charge in [0.15, 0.2) is 0 Å². The summed E-state index contributed by atoms with van der Waals surface area (Å²) >= 11 is 0. The standard InChI is InChI=1S/C14H15NO/c1-11-10-13(8-9-14(11)16)15(2)12-6-4-3-5-7-12/h3-10,16H,1-2H3. The zero-order chi connectivity index (χ0) is 11.5. The van der Waals surface area contributed by atoms with Gasteiger partial charge in [-0.15, -0.1) is 0 Å². The second kappa shape index (κ2) is 4.27. The van der Waals surface area contributed by atoms with E-state index < -0.39 is 0 Å². The summed E-state index contributed by atoms with van der Waals surface area (Å²) in [5.41, 5.74) is 3.09. The number of rotatable bonds is 2. The molecule has 82 valence electrons. The SMILES string of the molecule is Cc1cc(N(C)c2ccccc2)ccc1O. The molecule has 0 saturated heterocycles. The Hall–Kier alpha value is -1.96. The lowest BCUT2D eigenvalue weighted by Gasteiger charge is -2.20. The van der Waals surface area contributed by atoms with Crippen LogP contribution in [0.1, 0.15) is 5.56 Å². The lowest BCUT2D eigenvalue weighted by Crippen LogP contribution is -2.09. The van der Waals surface area contributed by atoms with E-state index in [0.29, 0.717) is 5.75 Å². The average molecular weight is 213 g/mol. The van der Waals surface area contributed by atoms with E-state index in [9.17, 15) is 5.11 Å². The van der Waals surface area contributed by atoms with Crippen LogP contribution in [0.3, 0.4) is 0 Å². The molecule has 0 bridgehead atoms. The van der Waals surface area contributed by atoms with Gasteiger partial charge >= 0.3 is 0 Å². The minimum Gasteiger partial charge on any atom is -0.508 e. The van der Waals surface area contributed by atoms with Crippen molar-refractivity contribution in [1.82, 2.24) is 0 Å². The first-order valence-electron chi connectivity index (χ1n) is 5.27. The minimum absolute atomic E-state index is 0.338. The summed E-state index contributed by atoms with van der Waals surface area (Å²) in [5, 5.41) is 9.48. The van der Waals surface area contributed by atoms with Crippen LogP contribution >= 0.6 is 0 Å². The van der Waals surface area contributed by atoms with Crippen molar-refractivity contribution in [2.24, 2.45) is 0 Å². The van der Waals surface area contributed by atoms with Gasteiger partial charge in [0.2, 0.25) is 0 Å². The predicted molar refractivity (Wildman–Crippen MR) is 67.3 cm³/mol. The monoisotopic (exact) mass is 213 g/mol. The van der Waals surface area contributed by atoms with Crippen LogP contribution in [0.2, 0.25) is 0 Å². The molecule has 2 aromatic carbocycles. The highest BCUT2D eigenvalue weighted by atomic mass is 16.3. The van der Waals surface area contributed by atoms with Crippen LogP contribution in [0.5, 0.6) is 5.75 Å². The third-order valence-electron chi connectivity index (χ3n) is 2.71. The summed E-state index contributed by atoms with van der Waals surface area (Å²) in [4.78, 5) is 2.09. The van der Waals surface area contributed by atoms with Crippen LogP contribution in [0.15, 0.2) is 48.5 Å². The Morgan fingerprint density at radius 1 is 0.938 bits per heavy atom. The largest absolute Gasteiger partial charge is 0.508 e.